The van der Waals surface area contributed by atoms with Crippen molar-refractivity contribution < 1.29 is 27.4 Å². The van der Waals surface area contributed by atoms with Gasteiger partial charge in [0, 0.05) is 28.6 Å². The Hall–Kier alpha value is -3.00. The number of rotatable bonds is 2. The Balaban J connectivity index is 1.44. The van der Waals surface area contributed by atoms with Crippen molar-refractivity contribution in [3.8, 4) is 11.5 Å². The molecule has 3 aliphatic heterocycles. The predicted octanol–water partition coefficient (Wildman–Crippen LogP) is 4.93. The molecule has 31 heavy (non-hydrogen) atoms. The van der Waals surface area contributed by atoms with Gasteiger partial charge in [-0.3, -0.25) is 4.79 Å². The summed E-state index contributed by atoms with van der Waals surface area (Å²) < 4.78 is 50.7. The van der Waals surface area contributed by atoms with E-state index in [1.807, 2.05) is 36.4 Å². The van der Waals surface area contributed by atoms with Crippen LogP contribution in [0.2, 0.25) is 0 Å². The molecular formula is C23H16F3NO3S. The topological polar surface area (TPSA) is 38.8 Å². The molecule has 1 unspecified atom stereocenters. The van der Waals surface area contributed by atoms with E-state index in [-0.39, 0.29) is 19.1 Å². The molecule has 1 spiro atoms. The number of thiophene rings is 1. The minimum Gasteiger partial charge on any atom is -0.493 e. The number of nitrogens with zero attached hydrogens (tertiary/aromatic N) is 1. The van der Waals surface area contributed by atoms with Gasteiger partial charge >= 0.3 is 6.18 Å². The van der Waals surface area contributed by atoms with Crippen molar-refractivity contribution in [3.63, 3.8) is 0 Å². The number of ether oxygens (including phenoxy) is 2. The zero-order chi connectivity index (χ0) is 21.4. The molecule has 0 radical (unpaired) electrons. The summed E-state index contributed by atoms with van der Waals surface area (Å²) in [4.78, 5) is 15.3. The quantitative estimate of drug-likeness (QED) is 0.564. The molecule has 1 aromatic heterocycles. The molecule has 1 amide bonds. The summed E-state index contributed by atoms with van der Waals surface area (Å²) in [7, 11) is 0. The Morgan fingerprint density at radius 2 is 1.87 bits per heavy atom. The second-order valence-corrected chi connectivity index (χ2v) is 9.09. The number of benzene rings is 2. The highest BCUT2D eigenvalue weighted by Crippen LogP contribution is 2.54. The number of fused-ring (bicyclic) bond motifs is 5. The highest BCUT2D eigenvalue weighted by atomic mass is 32.1. The van der Waals surface area contributed by atoms with E-state index in [1.165, 1.54) is 6.07 Å². The molecule has 2 aromatic carbocycles. The Kier molecular flexibility index (Phi) is 3.78. The van der Waals surface area contributed by atoms with Crippen molar-refractivity contribution in [1.82, 2.24) is 0 Å². The molecule has 158 valence electrons. The normalized spacial score (nSPS) is 21.1. The summed E-state index contributed by atoms with van der Waals surface area (Å²) in [6, 6.07) is 13.8. The first-order chi connectivity index (χ1) is 14.9. The first-order valence-corrected chi connectivity index (χ1v) is 10.7. The Bertz CT molecular complexity index is 1240. The van der Waals surface area contributed by atoms with Crippen molar-refractivity contribution >= 4 is 22.9 Å². The summed E-state index contributed by atoms with van der Waals surface area (Å²) >= 11 is 0.670. The fourth-order valence-corrected chi connectivity index (χ4v) is 5.64. The van der Waals surface area contributed by atoms with E-state index in [1.54, 1.807) is 4.90 Å². The standard InChI is InChI=1S/C23H16F3NO3S/c24-23(25,26)20-6-5-14(31-20)11-27-17-4-2-1-3-15(17)22(21(27)28)12-30-19-10-18-13(7-8-29-18)9-16(19)22/h1-6,9-10H,7-8,11-12H2. The molecule has 0 aliphatic carbocycles. The van der Waals surface area contributed by atoms with Crippen molar-refractivity contribution in [3.05, 3.63) is 75.0 Å². The van der Waals surface area contributed by atoms with Crippen LogP contribution in [-0.4, -0.2) is 19.1 Å². The maximum Gasteiger partial charge on any atom is 0.425 e. The average molecular weight is 443 g/mol. The minimum absolute atomic E-state index is 0.0850. The molecule has 0 bridgehead atoms. The fourth-order valence-electron chi connectivity index (χ4n) is 4.78. The molecule has 1 atom stereocenters. The van der Waals surface area contributed by atoms with Crippen LogP contribution in [0.25, 0.3) is 0 Å². The lowest BCUT2D eigenvalue weighted by molar-refractivity contribution is -0.134. The highest BCUT2D eigenvalue weighted by Gasteiger charge is 2.57. The lowest BCUT2D eigenvalue weighted by atomic mass is 9.76. The Labute approximate surface area is 179 Å². The molecule has 0 saturated heterocycles. The number of hydrogen-bond acceptors (Lipinski definition) is 4. The van der Waals surface area contributed by atoms with Gasteiger partial charge in [0.1, 0.15) is 28.4 Å². The van der Waals surface area contributed by atoms with Crippen LogP contribution in [0.15, 0.2) is 48.5 Å². The van der Waals surface area contributed by atoms with Gasteiger partial charge in [-0.2, -0.15) is 13.2 Å². The number of halogens is 3. The van der Waals surface area contributed by atoms with Crippen molar-refractivity contribution in [2.45, 2.75) is 24.6 Å². The van der Waals surface area contributed by atoms with Gasteiger partial charge in [-0.1, -0.05) is 18.2 Å². The number of para-hydroxylation sites is 1. The monoisotopic (exact) mass is 443 g/mol. The number of hydrogen-bond donors (Lipinski definition) is 0. The van der Waals surface area contributed by atoms with Crippen LogP contribution in [0.3, 0.4) is 0 Å². The van der Waals surface area contributed by atoms with Crippen molar-refractivity contribution in [2.75, 3.05) is 18.1 Å². The number of anilines is 1. The zero-order valence-electron chi connectivity index (χ0n) is 16.2. The molecule has 0 saturated carbocycles. The number of alkyl halides is 3. The van der Waals surface area contributed by atoms with Crippen LogP contribution in [-0.2, 0) is 29.4 Å². The molecule has 0 N–H and O–H groups in total. The average Bonchev–Trinajstić information content (AvgIpc) is 3.50. The zero-order valence-corrected chi connectivity index (χ0v) is 17.0. The summed E-state index contributed by atoms with van der Waals surface area (Å²) in [5.41, 5.74) is 2.39. The van der Waals surface area contributed by atoms with E-state index in [0.29, 0.717) is 34.3 Å². The highest BCUT2D eigenvalue weighted by molar-refractivity contribution is 7.12. The second kappa shape index (κ2) is 6.26. The minimum atomic E-state index is -4.39. The number of carbonyl (C=O) groups is 1. The predicted molar refractivity (Wildman–Crippen MR) is 109 cm³/mol. The van der Waals surface area contributed by atoms with Gasteiger partial charge < -0.3 is 14.4 Å². The molecule has 4 heterocycles. The molecule has 0 fully saturated rings. The van der Waals surface area contributed by atoms with Gasteiger partial charge in [0.25, 0.3) is 0 Å². The van der Waals surface area contributed by atoms with E-state index in [9.17, 15) is 18.0 Å². The van der Waals surface area contributed by atoms with Crippen LogP contribution in [0.5, 0.6) is 11.5 Å². The number of carbonyl (C=O) groups excluding carboxylic acids is 1. The molecule has 8 heteroatoms. The summed E-state index contributed by atoms with van der Waals surface area (Å²) in [6.07, 6.45) is -3.62. The summed E-state index contributed by atoms with van der Waals surface area (Å²) in [5.74, 6) is 1.24. The van der Waals surface area contributed by atoms with Gasteiger partial charge in [0.15, 0.2) is 0 Å². The SMILES string of the molecule is O=C1N(Cc2ccc(C(F)(F)F)s2)c2ccccc2C12COc1cc3c(cc12)CCO3. The van der Waals surface area contributed by atoms with E-state index >= 15 is 0 Å². The van der Waals surface area contributed by atoms with Crippen LogP contribution in [0.1, 0.15) is 26.4 Å². The summed E-state index contributed by atoms with van der Waals surface area (Å²) in [6.45, 7) is 0.847. The third-order valence-corrected chi connectivity index (χ3v) is 7.33. The lowest BCUT2D eigenvalue weighted by Gasteiger charge is -2.23. The van der Waals surface area contributed by atoms with E-state index in [0.717, 1.165) is 34.9 Å². The largest absolute Gasteiger partial charge is 0.493 e. The maximum atomic E-state index is 13.9. The first-order valence-electron chi connectivity index (χ1n) is 9.88. The first kappa shape index (κ1) is 18.7. The maximum absolute atomic E-state index is 13.9. The molecule has 6 rings (SSSR count). The fraction of sp³-hybridized carbons (Fsp3) is 0.261. The van der Waals surface area contributed by atoms with Crippen LogP contribution >= 0.6 is 11.3 Å². The smallest absolute Gasteiger partial charge is 0.425 e. The van der Waals surface area contributed by atoms with E-state index < -0.39 is 16.5 Å². The van der Waals surface area contributed by atoms with Gasteiger partial charge in [0.05, 0.1) is 13.2 Å². The third-order valence-electron chi connectivity index (χ3n) is 6.22. The van der Waals surface area contributed by atoms with Gasteiger partial charge in [-0.25, -0.2) is 0 Å². The lowest BCUT2D eigenvalue weighted by Crippen LogP contribution is -2.42. The van der Waals surface area contributed by atoms with Gasteiger partial charge in [-0.05, 0) is 35.4 Å². The Morgan fingerprint density at radius 1 is 1.03 bits per heavy atom. The van der Waals surface area contributed by atoms with Crippen LogP contribution < -0.4 is 14.4 Å². The molecular weight excluding hydrogens is 427 g/mol. The van der Waals surface area contributed by atoms with Gasteiger partial charge in [0.2, 0.25) is 5.91 Å². The van der Waals surface area contributed by atoms with Crippen LogP contribution in [0, 0.1) is 0 Å². The molecule has 3 aliphatic rings. The van der Waals surface area contributed by atoms with Crippen LogP contribution in [0.4, 0.5) is 18.9 Å². The van der Waals surface area contributed by atoms with E-state index in [4.69, 9.17) is 9.47 Å². The summed E-state index contributed by atoms with van der Waals surface area (Å²) in [5, 5.41) is 0. The van der Waals surface area contributed by atoms with Crippen molar-refractivity contribution in [1.29, 1.82) is 0 Å². The second-order valence-electron chi connectivity index (χ2n) is 7.92. The Morgan fingerprint density at radius 3 is 2.68 bits per heavy atom. The van der Waals surface area contributed by atoms with Crippen molar-refractivity contribution in [2.24, 2.45) is 0 Å². The van der Waals surface area contributed by atoms with Gasteiger partial charge in [-0.15, -0.1) is 11.3 Å². The third kappa shape index (κ3) is 2.57. The molecule has 4 nitrogen and oxygen atoms in total. The molecule has 3 aromatic rings. The number of amides is 1. The van der Waals surface area contributed by atoms with E-state index in [2.05, 4.69) is 0 Å².